The van der Waals surface area contributed by atoms with Gasteiger partial charge in [-0.05, 0) is 19.1 Å². The van der Waals surface area contributed by atoms with Crippen LogP contribution in [0, 0.1) is 6.92 Å². The molecule has 28 heavy (non-hydrogen) atoms. The molecule has 1 aromatic carbocycles. The molecule has 0 N–H and O–H groups in total. The maximum Gasteiger partial charge on any atom is 0.342 e. The predicted octanol–water partition coefficient (Wildman–Crippen LogP) is 2.39. The summed E-state index contributed by atoms with van der Waals surface area (Å²) < 4.78 is 22.5. The first-order chi connectivity index (χ1) is 13.5. The molecule has 8 nitrogen and oxygen atoms in total. The first-order valence-electron chi connectivity index (χ1n) is 8.44. The minimum absolute atomic E-state index is 0.157. The van der Waals surface area contributed by atoms with Crippen molar-refractivity contribution in [3.05, 3.63) is 63.7 Å². The minimum Gasteiger partial charge on any atom is -0.496 e. The van der Waals surface area contributed by atoms with E-state index >= 15 is 0 Å². The summed E-state index contributed by atoms with van der Waals surface area (Å²) in [5.74, 6) is 0.442. The monoisotopic (exact) mass is 384 g/mol. The molecule has 146 valence electrons. The van der Waals surface area contributed by atoms with Crippen molar-refractivity contribution >= 4 is 11.6 Å². The van der Waals surface area contributed by atoms with Gasteiger partial charge in [0, 0.05) is 23.9 Å². The molecule has 0 aliphatic carbocycles. The van der Waals surface area contributed by atoms with Crippen LogP contribution in [-0.2, 0) is 11.3 Å². The molecule has 8 heteroatoms. The predicted molar refractivity (Wildman–Crippen MR) is 101 cm³/mol. The SMILES string of the molecule is COc1cc(OC)c(C(=O)OCc2cc(=O)n3c(C)cccc3n2)cc1OC. The third-order valence-corrected chi connectivity index (χ3v) is 4.21. The third kappa shape index (κ3) is 3.62. The fourth-order valence-electron chi connectivity index (χ4n) is 2.84. The Morgan fingerprint density at radius 2 is 1.68 bits per heavy atom. The molecule has 0 atom stereocenters. The van der Waals surface area contributed by atoms with Gasteiger partial charge in [-0.25, -0.2) is 9.78 Å². The molecule has 0 amide bonds. The van der Waals surface area contributed by atoms with Crippen LogP contribution >= 0.6 is 0 Å². The number of fused-ring (bicyclic) bond motifs is 1. The normalized spacial score (nSPS) is 10.6. The molecule has 0 aliphatic heterocycles. The number of carbonyl (C=O) groups excluding carboxylic acids is 1. The second kappa shape index (κ2) is 7.99. The van der Waals surface area contributed by atoms with Gasteiger partial charge in [-0.15, -0.1) is 0 Å². The van der Waals surface area contributed by atoms with Gasteiger partial charge < -0.3 is 18.9 Å². The maximum absolute atomic E-state index is 12.6. The summed E-state index contributed by atoms with van der Waals surface area (Å²) in [4.78, 5) is 29.3. The van der Waals surface area contributed by atoms with Crippen molar-refractivity contribution in [3.8, 4) is 17.2 Å². The van der Waals surface area contributed by atoms with E-state index in [1.54, 1.807) is 18.2 Å². The molecule has 2 heterocycles. The number of pyridine rings is 1. The van der Waals surface area contributed by atoms with Gasteiger partial charge in [-0.3, -0.25) is 9.20 Å². The molecule has 0 aliphatic rings. The maximum atomic E-state index is 12.6. The number of carbonyl (C=O) groups is 1. The third-order valence-electron chi connectivity index (χ3n) is 4.21. The summed E-state index contributed by atoms with van der Waals surface area (Å²) >= 11 is 0. The number of aryl methyl sites for hydroxylation is 1. The largest absolute Gasteiger partial charge is 0.496 e. The van der Waals surface area contributed by atoms with Crippen molar-refractivity contribution in [3.63, 3.8) is 0 Å². The van der Waals surface area contributed by atoms with Crippen LogP contribution in [0.25, 0.3) is 5.65 Å². The van der Waals surface area contributed by atoms with Crippen LogP contribution in [0.4, 0.5) is 0 Å². The van der Waals surface area contributed by atoms with E-state index in [0.29, 0.717) is 22.8 Å². The molecule has 0 radical (unpaired) electrons. The highest BCUT2D eigenvalue weighted by molar-refractivity contribution is 5.93. The lowest BCUT2D eigenvalue weighted by Gasteiger charge is -2.13. The number of hydrogen-bond donors (Lipinski definition) is 0. The zero-order valence-corrected chi connectivity index (χ0v) is 16.0. The van der Waals surface area contributed by atoms with Gasteiger partial charge in [0.2, 0.25) is 0 Å². The second-order valence-electron chi connectivity index (χ2n) is 5.93. The van der Waals surface area contributed by atoms with E-state index in [4.69, 9.17) is 18.9 Å². The van der Waals surface area contributed by atoms with Gasteiger partial charge in [-0.2, -0.15) is 0 Å². The lowest BCUT2D eigenvalue weighted by Crippen LogP contribution is -2.18. The van der Waals surface area contributed by atoms with Crippen molar-refractivity contribution in [2.75, 3.05) is 21.3 Å². The number of nitrogens with zero attached hydrogens (tertiary/aromatic N) is 2. The fraction of sp³-hybridized carbons (Fsp3) is 0.250. The number of aromatic nitrogens is 2. The summed E-state index contributed by atoms with van der Waals surface area (Å²) in [7, 11) is 4.39. The molecule has 3 rings (SSSR count). The van der Waals surface area contributed by atoms with Gasteiger partial charge in [0.25, 0.3) is 5.56 Å². The number of methoxy groups -OCH3 is 3. The second-order valence-corrected chi connectivity index (χ2v) is 5.93. The molecule has 2 aromatic heterocycles. The van der Waals surface area contributed by atoms with Crippen molar-refractivity contribution < 1.29 is 23.7 Å². The lowest BCUT2D eigenvalue weighted by molar-refractivity contribution is 0.0463. The van der Waals surface area contributed by atoms with E-state index in [1.165, 1.54) is 37.9 Å². The van der Waals surface area contributed by atoms with Crippen LogP contribution in [0.3, 0.4) is 0 Å². The van der Waals surface area contributed by atoms with Crippen molar-refractivity contribution in [1.82, 2.24) is 9.38 Å². The van der Waals surface area contributed by atoms with E-state index in [-0.39, 0.29) is 23.5 Å². The van der Waals surface area contributed by atoms with Crippen LogP contribution < -0.4 is 19.8 Å². The topological polar surface area (TPSA) is 88.4 Å². The average molecular weight is 384 g/mol. The number of benzene rings is 1. The van der Waals surface area contributed by atoms with Crippen LogP contribution in [-0.4, -0.2) is 36.7 Å². The first-order valence-corrected chi connectivity index (χ1v) is 8.44. The average Bonchev–Trinajstić information content (AvgIpc) is 2.70. The first kappa shape index (κ1) is 19.2. The molecule has 0 unspecified atom stereocenters. The van der Waals surface area contributed by atoms with Crippen LogP contribution in [0.2, 0.25) is 0 Å². The van der Waals surface area contributed by atoms with Gasteiger partial charge in [-0.1, -0.05) is 6.07 Å². The summed E-state index contributed by atoms with van der Waals surface area (Å²) in [5, 5.41) is 0. The van der Waals surface area contributed by atoms with Gasteiger partial charge in [0.1, 0.15) is 23.6 Å². The van der Waals surface area contributed by atoms with E-state index in [1.807, 2.05) is 13.0 Å². The van der Waals surface area contributed by atoms with Gasteiger partial charge in [0.05, 0.1) is 27.0 Å². The highest BCUT2D eigenvalue weighted by Crippen LogP contribution is 2.35. The molecular weight excluding hydrogens is 364 g/mol. The van der Waals surface area contributed by atoms with E-state index in [0.717, 1.165) is 5.69 Å². The van der Waals surface area contributed by atoms with Crippen molar-refractivity contribution in [1.29, 1.82) is 0 Å². The van der Waals surface area contributed by atoms with E-state index in [9.17, 15) is 9.59 Å². The van der Waals surface area contributed by atoms with Crippen molar-refractivity contribution in [2.24, 2.45) is 0 Å². The van der Waals surface area contributed by atoms with Crippen molar-refractivity contribution in [2.45, 2.75) is 13.5 Å². The Balaban J connectivity index is 1.86. The molecule has 0 fully saturated rings. The van der Waals surface area contributed by atoms with E-state index in [2.05, 4.69) is 4.98 Å². The quantitative estimate of drug-likeness (QED) is 0.603. The van der Waals surface area contributed by atoms with E-state index < -0.39 is 5.97 Å². The van der Waals surface area contributed by atoms with Gasteiger partial charge >= 0.3 is 5.97 Å². The Morgan fingerprint density at radius 1 is 1.00 bits per heavy atom. The number of hydrogen-bond acceptors (Lipinski definition) is 7. The summed E-state index contributed by atoms with van der Waals surface area (Å²) in [6.07, 6.45) is 0. The summed E-state index contributed by atoms with van der Waals surface area (Å²) in [6.45, 7) is 1.66. The number of rotatable bonds is 6. The standard InChI is InChI=1S/C20H20N2O6/c1-12-6-5-7-18-21-13(8-19(23)22(12)18)11-28-20(24)14-9-16(26-3)17(27-4)10-15(14)25-2/h5-10H,11H2,1-4H3. The van der Waals surface area contributed by atoms with Gasteiger partial charge in [0.15, 0.2) is 11.5 Å². The Kier molecular flexibility index (Phi) is 5.49. The Hall–Kier alpha value is -3.55. The van der Waals surface area contributed by atoms with Crippen LogP contribution in [0.5, 0.6) is 17.2 Å². The minimum atomic E-state index is -0.635. The molecule has 3 aromatic rings. The zero-order chi connectivity index (χ0) is 20.3. The fourth-order valence-corrected chi connectivity index (χ4v) is 2.84. The molecular formula is C20H20N2O6. The summed E-state index contributed by atoms with van der Waals surface area (Å²) in [6, 6.07) is 9.71. The molecule has 0 bridgehead atoms. The lowest BCUT2D eigenvalue weighted by atomic mass is 10.1. The zero-order valence-electron chi connectivity index (χ0n) is 16.0. The van der Waals surface area contributed by atoms with Crippen LogP contribution in [0.1, 0.15) is 21.7 Å². The highest BCUT2D eigenvalue weighted by atomic mass is 16.5. The molecule has 0 saturated heterocycles. The van der Waals surface area contributed by atoms with Crippen LogP contribution in [0.15, 0.2) is 41.2 Å². The Labute approximate surface area is 161 Å². The highest BCUT2D eigenvalue weighted by Gasteiger charge is 2.19. The number of esters is 1. The summed E-state index contributed by atoms with van der Waals surface area (Å²) in [5.41, 5.74) is 1.55. The smallest absolute Gasteiger partial charge is 0.342 e. The molecule has 0 saturated carbocycles. The molecule has 0 spiro atoms. The Morgan fingerprint density at radius 3 is 2.36 bits per heavy atom. The Bertz CT molecular complexity index is 1090. The number of ether oxygens (including phenoxy) is 4.